The van der Waals surface area contributed by atoms with E-state index in [9.17, 15) is 0 Å². The minimum atomic E-state index is 1.01. The van der Waals surface area contributed by atoms with Gasteiger partial charge in [0.25, 0.3) is 0 Å². The van der Waals surface area contributed by atoms with Gasteiger partial charge in [0.1, 0.15) is 0 Å². The average molecular weight is 205 g/mol. The fourth-order valence-corrected chi connectivity index (χ4v) is 1.90. The Hall–Kier alpha value is -0.820. The van der Waals surface area contributed by atoms with Gasteiger partial charge < -0.3 is 5.32 Å². The van der Waals surface area contributed by atoms with Gasteiger partial charge >= 0.3 is 0 Å². The molecule has 0 unspecified atom stereocenters. The SMILES string of the molecule is CCCCCNCc1cc(C)cc(C)c1. The largest absolute Gasteiger partial charge is 0.313 e. The highest BCUT2D eigenvalue weighted by Crippen LogP contribution is 2.08. The van der Waals surface area contributed by atoms with E-state index in [4.69, 9.17) is 0 Å². The van der Waals surface area contributed by atoms with Gasteiger partial charge in [0.2, 0.25) is 0 Å². The van der Waals surface area contributed by atoms with E-state index in [1.165, 1.54) is 36.0 Å². The minimum absolute atomic E-state index is 1.01. The zero-order valence-corrected chi connectivity index (χ0v) is 10.3. The molecule has 1 aromatic carbocycles. The van der Waals surface area contributed by atoms with Crippen LogP contribution in [-0.4, -0.2) is 6.54 Å². The molecule has 0 aromatic heterocycles. The van der Waals surface area contributed by atoms with Gasteiger partial charge in [0.15, 0.2) is 0 Å². The van der Waals surface area contributed by atoms with Crippen LogP contribution in [0.5, 0.6) is 0 Å². The second kappa shape index (κ2) is 6.62. The molecule has 0 fully saturated rings. The van der Waals surface area contributed by atoms with E-state index in [0.717, 1.165) is 13.1 Å². The van der Waals surface area contributed by atoms with Crippen LogP contribution in [0.4, 0.5) is 0 Å². The highest BCUT2D eigenvalue weighted by atomic mass is 14.8. The van der Waals surface area contributed by atoms with Gasteiger partial charge in [0, 0.05) is 6.54 Å². The van der Waals surface area contributed by atoms with E-state index in [1.807, 2.05) is 0 Å². The lowest BCUT2D eigenvalue weighted by Gasteiger charge is -2.06. The quantitative estimate of drug-likeness (QED) is 0.700. The van der Waals surface area contributed by atoms with E-state index in [2.05, 4.69) is 44.3 Å². The molecule has 1 aromatic rings. The van der Waals surface area contributed by atoms with Crippen molar-refractivity contribution in [1.29, 1.82) is 0 Å². The predicted octanol–water partition coefficient (Wildman–Crippen LogP) is 3.58. The first kappa shape index (κ1) is 12.3. The molecule has 1 heteroatoms. The highest BCUT2D eigenvalue weighted by molar-refractivity contribution is 5.28. The van der Waals surface area contributed by atoms with Crippen molar-refractivity contribution in [2.24, 2.45) is 0 Å². The lowest BCUT2D eigenvalue weighted by atomic mass is 10.1. The topological polar surface area (TPSA) is 12.0 Å². The molecule has 1 nitrogen and oxygen atoms in total. The van der Waals surface area contributed by atoms with Crippen molar-refractivity contribution in [3.63, 3.8) is 0 Å². The summed E-state index contributed by atoms with van der Waals surface area (Å²) in [5, 5.41) is 3.49. The van der Waals surface area contributed by atoms with Crippen LogP contribution in [0.2, 0.25) is 0 Å². The Morgan fingerprint density at radius 2 is 1.67 bits per heavy atom. The first-order chi connectivity index (χ1) is 7.22. The fraction of sp³-hybridized carbons (Fsp3) is 0.571. The number of rotatable bonds is 6. The third kappa shape index (κ3) is 4.98. The average Bonchev–Trinajstić information content (AvgIpc) is 2.16. The van der Waals surface area contributed by atoms with Crippen LogP contribution in [0.15, 0.2) is 18.2 Å². The standard InChI is InChI=1S/C14H23N/c1-4-5-6-7-15-11-14-9-12(2)8-13(3)10-14/h8-10,15H,4-7,11H2,1-3H3. The number of benzene rings is 1. The molecular formula is C14H23N. The summed E-state index contributed by atoms with van der Waals surface area (Å²) in [6.45, 7) is 8.71. The Bertz CT molecular complexity index is 271. The lowest BCUT2D eigenvalue weighted by molar-refractivity contribution is 0.616. The molecule has 0 saturated heterocycles. The molecule has 0 spiro atoms. The second-order valence-corrected chi connectivity index (χ2v) is 4.38. The Kier molecular flexibility index (Phi) is 5.41. The van der Waals surface area contributed by atoms with Crippen LogP contribution in [0.25, 0.3) is 0 Å². The molecule has 0 amide bonds. The smallest absolute Gasteiger partial charge is 0.0205 e. The zero-order chi connectivity index (χ0) is 11.1. The number of hydrogen-bond acceptors (Lipinski definition) is 1. The van der Waals surface area contributed by atoms with Crippen molar-refractivity contribution < 1.29 is 0 Å². The molecule has 0 saturated carbocycles. The maximum atomic E-state index is 3.49. The van der Waals surface area contributed by atoms with Crippen molar-refractivity contribution in [3.05, 3.63) is 34.9 Å². The lowest BCUT2D eigenvalue weighted by Crippen LogP contribution is -2.14. The van der Waals surface area contributed by atoms with Crippen LogP contribution in [0.3, 0.4) is 0 Å². The highest BCUT2D eigenvalue weighted by Gasteiger charge is 1.95. The van der Waals surface area contributed by atoms with Crippen LogP contribution >= 0.6 is 0 Å². The summed E-state index contributed by atoms with van der Waals surface area (Å²) in [6.07, 6.45) is 3.92. The summed E-state index contributed by atoms with van der Waals surface area (Å²) in [4.78, 5) is 0. The molecule has 0 aliphatic rings. The summed E-state index contributed by atoms with van der Waals surface area (Å²) in [5.74, 6) is 0. The first-order valence-corrected chi connectivity index (χ1v) is 6.00. The Balaban J connectivity index is 2.31. The van der Waals surface area contributed by atoms with Crippen LogP contribution < -0.4 is 5.32 Å². The second-order valence-electron chi connectivity index (χ2n) is 4.38. The van der Waals surface area contributed by atoms with Gasteiger partial charge in [-0.05, 0) is 32.4 Å². The summed E-state index contributed by atoms with van der Waals surface area (Å²) >= 11 is 0. The number of unbranched alkanes of at least 4 members (excludes halogenated alkanes) is 2. The number of aryl methyl sites for hydroxylation is 2. The summed E-state index contributed by atoms with van der Waals surface area (Å²) in [6, 6.07) is 6.75. The van der Waals surface area contributed by atoms with Crippen LogP contribution in [0, 0.1) is 13.8 Å². The molecule has 0 radical (unpaired) electrons. The first-order valence-electron chi connectivity index (χ1n) is 6.00. The molecular weight excluding hydrogens is 182 g/mol. The van der Waals surface area contributed by atoms with Gasteiger partial charge in [-0.2, -0.15) is 0 Å². The summed E-state index contributed by atoms with van der Waals surface area (Å²) in [7, 11) is 0. The Labute approximate surface area is 93.9 Å². The zero-order valence-electron chi connectivity index (χ0n) is 10.3. The summed E-state index contributed by atoms with van der Waals surface area (Å²) < 4.78 is 0. The molecule has 15 heavy (non-hydrogen) atoms. The molecule has 0 atom stereocenters. The molecule has 1 N–H and O–H groups in total. The van der Waals surface area contributed by atoms with E-state index >= 15 is 0 Å². The minimum Gasteiger partial charge on any atom is -0.313 e. The molecule has 1 rings (SSSR count). The number of nitrogens with one attached hydrogen (secondary N) is 1. The van der Waals surface area contributed by atoms with Gasteiger partial charge in [-0.15, -0.1) is 0 Å². The fourth-order valence-electron chi connectivity index (χ4n) is 1.90. The Morgan fingerprint density at radius 1 is 1.00 bits per heavy atom. The molecule has 0 bridgehead atoms. The Morgan fingerprint density at radius 3 is 2.27 bits per heavy atom. The normalized spacial score (nSPS) is 10.6. The molecule has 0 aliphatic heterocycles. The van der Waals surface area contributed by atoms with Gasteiger partial charge in [-0.25, -0.2) is 0 Å². The van der Waals surface area contributed by atoms with E-state index in [0.29, 0.717) is 0 Å². The van der Waals surface area contributed by atoms with Crippen molar-refractivity contribution >= 4 is 0 Å². The van der Waals surface area contributed by atoms with Crippen molar-refractivity contribution in [3.8, 4) is 0 Å². The van der Waals surface area contributed by atoms with Crippen LogP contribution in [0.1, 0.15) is 42.9 Å². The van der Waals surface area contributed by atoms with Crippen LogP contribution in [-0.2, 0) is 6.54 Å². The molecule has 84 valence electrons. The van der Waals surface area contributed by atoms with Gasteiger partial charge in [-0.1, -0.05) is 49.1 Å². The molecule has 0 aliphatic carbocycles. The summed E-state index contributed by atoms with van der Waals surface area (Å²) in [5.41, 5.74) is 4.13. The van der Waals surface area contributed by atoms with E-state index in [-0.39, 0.29) is 0 Å². The third-order valence-corrected chi connectivity index (χ3v) is 2.57. The maximum Gasteiger partial charge on any atom is 0.0205 e. The third-order valence-electron chi connectivity index (χ3n) is 2.57. The van der Waals surface area contributed by atoms with Gasteiger partial charge in [0.05, 0.1) is 0 Å². The van der Waals surface area contributed by atoms with Gasteiger partial charge in [-0.3, -0.25) is 0 Å². The monoisotopic (exact) mass is 205 g/mol. The van der Waals surface area contributed by atoms with Crippen molar-refractivity contribution in [2.45, 2.75) is 46.6 Å². The maximum absolute atomic E-state index is 3.49. The van der Waals surface area contributed by atoms with Crippen molar-refractivity contribution in [2.75, 3.05) is 6.54 Å². The van der Waals surface area contributed by atoms with E-state index < -0.39 is 0 Å². The van der Waals surface area contributed by atoms with E-state index in [1.54, 1.807) is 0 Å². The number of hydrogen-bond donors (Lipinski definition) is 1. The molecule has 0 heterocycles. The predicted molar refractivity (Wildman–Crippen MR) is 67.1 cm³/mol. The van der Waals surface area contributed by atoms with Crippen molar-refractivity contribution in [1.82, 2.24) is 5.32 Å².